The van der Waals surface area contributed by atoms with E-state index in [4.69, 9.17) is 5.73 Å². The van der Waals surface area contributed by atoms with Gasteiger partial charge in [0.2, 0.25) is 0 Å². The Labute approximate surface area is 96.8 Å². The lowest BCUT2D eigenvalue weighted by atomic mass is 10.1. The molecule has 2 fully saturated rings. The number of hydrogen-bond acceptors (Lipinski definition) is 3. The Bertz CT molecular complexity index is 389. The third-order valence-electron chi connectivity index (χ3n) is 4.06. The monoisotopic (exact) mass is 217 g/mol. The minimum Gasteiger partial charge on any atom is -0.398 e. The van der Waals surface area contributed by atoms with E-state index in [1.165, 1.54) is 25.1 Å². The van der Waals surface area contributed by atoms with Gasteiger partial charge in [-0.3, -0.25) is 4.90 Å². The maximum Gasteiger partial charge on any atom is 0.0359 e. The fourth-order valence-electron chi connectivity index (χ4n) is 3.04. The second-order valence-electron chi connectivity index (χ2n) is 5.11. The Kier molecular flexibility index (Phi) is 2.37. The molecule has 1 aromatic carbocycles. The molecule has 3 nitrogen and oxygen atoms in total. The minimum atomic E-state index is 0.745. The van der Waals surface area contributed by atoms with Gasteiger partial charge < -0.3 is 10.6 Å². The van der Waals surface area contributed by atoms with Gasteiger partial charge in [0.1, 0.15) is 0 Å². The topological polar surface area (TPSA) is 32.5 Å². The van der Waals surface area contributed by atoms with E-state index in [-0.39, 0.29) is 0 Å². The van der Waals surface area contributed by atoms with Crippen molar-refractivity contribution in [1.82, 2.24) is 9.80 Å². The van der Waals surface area contributed by atoms with Gasteiger partial charge in [0.05, 0.1) is 0 Å². The zero-order chi connectivity index (χ0) is 11.1. The summed E-state index contributed by atoms with van der Waals surface area (Å²) in [6, 6.07) is 9.74. The summed E-state index contributed by atoms with van der Waals surface area (Å²) in [4.78, 5) is 5.06. The summed E-state index contributed by atoms with van der Waals surface area (Å²) in [6.45, 7) is 3.44. The second-order valence-corrected chi connectivity index (χ2v) is 5.11. The van der Waals surface area contributed by atoms with Crippen LogP contribution in [0.15, 0.2) is 24.3 Å². The molecule has 0 amide bonds. The summed E-state index contributed by atoms with van der Waals surface area (Å²) >= 11 is 0. The molecule has 0 spiro atoms. The molecule has 3 heteroatoms. The normalized spacial score (nSPS) is 30.1. The van der Waals surface area contributed by atoms with Crippen LogP contribution in [0.1, 0.15) is 12.0 Å². The number of likely N-dealkylation sites (N-methyl/N-ethyl adjacent to an activating group) is 1. The lowest BCUT2D eigenvalue weighted by Gasteiger charge is -2.32. The number of anilines is 1. The van der Waals surface area contributed by atoms with Gasteiger partial charge in [-0.05, 0) is 25.1 Å². The summed E-state index contributed by atoms with van der Waals surface area (Å²) in [7, 11) is 2.24. The van der Waals surface area contributed by atoms with Crippen LogP contribution in [0.5, 0.6) is 0 Å². The molecular weight excluding hydrogens is 198 g/mol. The molecule has 0 aromatic heterocycles. The van der Waals surface area contributed by atoms with Crippen LogP contribution in [0.25, 0.3) is 0 Å². The van der Waals surface area contributed by atoms with Crippen LogP contribution in [-0.2, 0) is 6.54 Å². The molecule has 2 atom stereocenters. The third-order valence-corrected chi connectivity index (χ3v) is 4.06. The Morgan fingerprint density at radius 1 is 1.25 bits per heavy atom. The predicted molar refractivity (Wildman–Crippen MR) is 66.1 cm³/mol. The smallest absolute Gasteiger partial charge is 0.0359 e. The van der Waals surface area contributed by atoms with E-state index in [2.05, 4.69) is 29.0 Å². The molecule has 2 heterocycles. The number of hydrogen-bond donors (Lipinski definition) is 1. The van der Waals surface area contributed by atoms with Crippen LogP contribution >= 0.6 is 0 Å². The molecular formula is C13H19N3. The van der Waals surface area contributed by atoms with Crippen molar-refractivity contribution in [1.29, 1.82) is 0 Å². The molecule has 2 bridgehead atoms. The Morgan fingerprint density at radius 3 is 2.69 bits per heavy atom. The minimum absolute atomic E-state index is 0.745. The molecule has 2 aliphatic rings. The molecule has 86 valence electrons. The first-order valence-corrected chi connectivity index (χ1v) is 6.01. The largest absolute Gasteiger partial charge is 0.398 e. The molecule has 2 saturated heterocycles. The van der Waals surface area contributed by atoms with Crippen molar-refractivity contribution in [2.24, 2.45) is 0 Å². The SMILES string of the molecule is CN1CC2CC1CN2Cc1ccccc1N. The Morgan fingerprint density at radius 2 is 2.06 bits per heavy atom. The van der Waals surface area contributed by atoms with Crippen LogP contribution in [-0.4, -0.2) is 42.0 Å². The van der Waals surface area contributed by atoms with Gasteiger partial charge in [-0.1, -0.05) is 18.2 Å². The highest BCUT2D eigenvalue weighted by molar-refractivity contribution is 5.46. The highest BCUT2D eigenvalue weighted by Gasteiger charge is 2.41. The van der Waals surface area contributed by atoms with E-state index in [1.54, 1.807) is 0 Å². The maximum atomic E-state index is 5.99. The molecule has 0 saturated carbocycles. The number of benzene rings is 1. The number of nitrogens with zero attached hydrogens (tertiary/aromatic N) is 2. The van der Waals surface area contributed by atoms with E-state index >= 15 is 0 Å². The summed E-state index contributed by atoms with van der Waals surface area (Å²) in [5.41, 5.74) is 8.19. The average molecular weight is 217 g/mol. The molecule has 0 radical (unpaired) electrons. The second kappa shape index (κ2) is 3.75. The molecule has 2 N–H and O–H groups in total. The zero-order valence-electron chi connectivity index (χ0n) is 9.76. The van der Waals surface area contributed by atoms with Crippen molar-refractivity contribution in [3.05, 3.63) is 29.8 Å². The standard InChI is InChI=1S/C13H19N3/c1-15-8-12-6-11(15)9-16(12)7-10-4-2-3-5-13(10)14/h2-5,11-12H,6-9,14H2,1H3. The summed E-state index contributed by atoms with van der Waals surface area (Å²) in [6.07, 6.45) is 1.34. The van der Waals surface area contributed by atoms with E-state index < -0.39 is 0 Å². The van der Waals surface area contributed by atoms with Crippen molar-refractivity contribution in [2.75, 3.05) is 25.9 Å². The quantitative estimate of drug-likeness (QED) is 0.754. The fourth-order valence-corrected chi connectivity index (χ4v) is 3.04. The first-order valence-electron chi connectivity index (χ1n) is 6.01. The zero-order valence-corrected chi connectivity index (χ0v) is 9.76. The number of fused-ring (bicyclic) bond motifs is 2. The van der Waals surface area contributed by atoms with E-state index in [9.17, 15) is 0 Å². The van der Waals surface area contributed by atoms with Gasteiger partial charge in [-0.2, -0.15) is 0 Å². The molecule has 2 aliphatic heterocycles. The number of likely N-dealkylation sites (tertiary alicyclic amines) is 2. The third kappa shape index (κ3) is 1.60. The van der Waals surface area contributed by atoms with Gasteiger partial charge in [-0.15, -0.1) is 0 Å². The highest BCUT2D eigenvalue weighted by Crippen LogP contribution is 2.31. The highest BCUT2D eigenvalue weighted by atomic mass is 15.3. The first kappa shape index (κ1) is 10.1. The van der Waals surface area contributed by atoms with Crippen molar-refractivity contribution >= 4 is 5.69 Å². The Hall–Kier alpha value is -1.06. The Balaban J connectivity index is 1.71. The van der Waals surface area contributed by atoms with Crippen molar-refractivity contribution in [2.45, 2.75) is 25.0 Å². The van der Waals surface area contributed by atoms with Crippen LogP contribution in [0, 0.1) is 0 Å². The predicted octanol–water partition coefficient (Wildman–Crippen LogP) is 1.16. The van der Waals surface area contributed by atoms with Crippen LogP contribution in [0.3, 0.4) is 0 Å². The first-order chi connectivity index (χ1) is 7.74. The van der Waals surface area contributed by atoms with E-state index in [0.717, 1.165) is 24.3 Å². The fraction of sp³-hybridized carbons (Fsp3) is 0.538. The maximum absolute atomic E-state index is 5.99. The lowest BCUT2D eigenvalue weighted by Crippen LogP contribution is -2.44. The summed E-state index contributed by atoms with van der Waals surface area (Å²) < 4.78 is 0. The summed E-state index contributed by atoms with van der Waals surface area (Å²) in [5, 5.41) is 0. The van der Waals surface area contributed by atoms with E-state index in [0.29, 0.717) is 0 Å². The molecule has 3 rings (SSSR count). The van der Waals surface area contributed by atoms with Crippen LogP contribution in [0.4, 0.5) is 5.69 Å². The van der Waals surface area contributed by atoms with Crippen LogP contribution < -0.4 is 5.73 Å². The van der Waals surface area contributed by atoms with Gasteiger partial charge in [0, 0.05) is 37.4 Å². The number of piperazine rings is 1. The van der Waals surface area contributed by atoms with Crippen LogP contribution in [0.2, 0.25) is 0 Å². The molecule has 2 unspecified atom stereocenters. The number of para-hydroxylation sites is 1. The lowest BCUT2D eigenvalue weighted by molar-refractivity contribution is 0.143. The summed E-state index contributed by atoms with van der Waals surface area (Å²) in [5.74, 6) is 0. The molecule has 1 aromatic rings. The van der Waals surface area contributed by atoms with Crippen molar-refractivity contribution in [3.63, 3.8) is 0 Å². The number of nitrogen functional groups attached to an aromatic ring is 1. The van der Waals surface area contributed by atoms with Gasteiger partial charge >= 0.3 is 0 Å². The number of rotatable bonds is 2. The number of nitrogens with two attached hydrogens (primary N) is 1. The van der Waals surface area contributed by atoms with Gasteiger partial charge in [0.15, 0.2) is 0 Å². The van der Waals surface area contributed by atoms with Gasteiger partial charge in [0.25, 0.3) is 0 Å². The molecule has 16 heavy (non-hydrogen) atoms. The van der Waals surface area contributed by atoms with Crippen molar-refractivity contribution < 1.29 is 0 Å². The average Bonchev–Trinajstić information content (AvgIpc) is 2.80. The van der Waals surface area contributed by atoms with Gasteiger partial charge in [-0.25, -0.2) is 0 Å². The van der Waals surface area contributed by atoms with E-state index in [1.807, 2.05) is 12.1 Å². The van der Waals surface area contributed by atoms with Crippen molar-refractivity contribution in [3.8, 4) is 0 Å². The molecule has 0 aliphatic carbocycles.